The Labute approximate surface area is 100 Å². The Bertz CT molecular complexity index is 696. The van der Waals surface area contributed by atoms with E-state index in [1.165, 1.54) is 11.0 Å². The van der Waals surface area contributed by atoms with Gasteiger partial charge in [-0.1, -0.05) is 17.3 Å². The zero-order chi connectivity index (χ0) is 12.5. The molecule has 18 heavy (non-hydrogen) atoms. The van der Waals surface area contributed by atoms with Gasteiger partial charge in [-0.25, -0.2) is 4.98 Å². The van der Waals surface area contributed by atoms with Gasteiger partial charge in [-0.3, -0.25) is 0 Å². The normalized spacial score (nSPS) is 12.1. The molecular weight excluding hydrogens is 236 g/mol. The first-order valence-electron chi connectivity index (χ1n) is 5.03. The van der Waals surface area contributed by atoms with Crippen LogP contribution in [0.5, 0.6) is 0 Å². The third kappa shape index (κ3) is 1.56. The number of oxime groups is 1. The highest BCUT2D eigenvalue weighted by Gasteiger charge is 2.11. The van der Waals surface area contributed by atoms with Crippen molar-refractivity contribution >= 4 is 16.9 Å². The molecule has 0 bridgehead atoms. The fraction of sp³-hybridized carbons (Fsp3) is 0. The van der Waals surface area contributed by atoms with Gasteiger partial charge in [-0.05, 0) is 12.1 Å². The zero-order valence-corrected chi connectivity index (χ0v) is 9.06. The Hall–Kier alpha value is -2.90. The Balaban J connectivity index is 2.06. The molecule has 0 saturated heterocycles. The first-order chi connectivity index (χ1) is 8.78. The molecule has 3 N–H and O–H groups in total. The summed E-state index contributed by atoms with van der Waals surface area (Å²) in [5.74, 6) is -0.0791. The Morgan fingerprint density at radius 2 is 2.22 bits per heavy atom. The monoisotopic (exact) mass is 244 g/mol. The van der Waals surface area contributed by atoms with Gasteiger partial charge in [-0.2, -0.15) is 9.67 Å². The summed E-state index contributed by atoms with van der Waals surface area (Å²) in [5, 5.41) is 15.3. The first-order valence-corrected chi connectivity index (χ1v) is 5.03. The number of hydrogen-bond acceptors (Lipinski definition) is 6. The molecule has 0 aliphatic heterocycles. The van der Waals surface area contributed by atoms with E-state index in [4.69, 9.17) is 15.4 Å². The van der Waals surface area contributed by atoms with Gasteiger partial charge in [-0.15, -0.1) is 5.10 Å². The van der Waals surface area contributed by atoms with Gasteiger partial charge in [0.05, 0.1) is 0 Å². The van der Waals surface area contributed by atoms with Crippen molar-refractivity contribution in [1.29, 1.82) is 0 Å². The van der Waals surface area contributed by atoms with Crippen LogP contribution in [-0.4, -0.2) is 30.8 Å². The molecule has 1 aromatic carbocycles. The summed E-state index contributed by atoms with van der Waals surface area (Å²) in [6.45, 7) is 0. The van der Waals surface area contributed by atoms with E-state index >= 15 is 0 Å². The molecule has 8 heteroatoms. The van der Waals surface area contributed by atoms with Crippen LogP contribution in [0.3, 0.4) is 0 Å². The number of aromatic nitrogens is 4. The van der Waals surface area contributed by atoms with Crippen LogP contribution in [0.4, 0.5) is 0 Å². The molecule has 2 aromatic heterocycles. The molecule has 0 aliphatic carbocycles. The summed E-state index contributed by atoms with van der Waals surface area (Å²) in [6, 6.07) is 7.59. The van der Waals surface area contributed by atoms with Crippen LogP contribution in [-0.2, 0) is 0 Å². The number of hydrogen-bond donors (Lipinski definition) is 2. The Morgan fingerprint density at radius 3 is 3.00 bits per heavy atom. The van der Waals surface area contributed by atoms with Crippen molar-refractivity contribution in [2.24, 2.45) is 10.9 Å². The van der Waals surface area contributed by atoms with Gasteiger partial charge < -0.3 is 15.4 Å². The lowest BCUT2D eigenvalue weighted by molar-refractivity contribution is 0.318. The number of oxazole rings is 1. The number of rotatable bonds is 2. The summed E-state index contributed by atoms with van der Waals surface area (Å²) >= 11 is 0. The molecule has 2 heterocycles. The molecule has 0 atom stereocenters. The van der Waals surface area contributed by atoms with Crippen molar-refractivity contribution in [1.82, 2.24) is 19.7 Å². The molecule has 0 aliphatic rings. The van der Waals surface area contributed by atoms with Crippen LogP contribution in [0.25, 0.3) is 17.1 Å². The molecule has 0 amide bonds. The number of nitrogens with two attached hydrogens (primary N) is 1. The fourth-order valence-corrected chi connectivity index (χ4v) is 1.48. The highest BCUT2D eigenvalue weighted by atomic mass is 16.4. The molecule has 3 rings (SSSR count). The summed E-state index contributed by atoms with van der Waals surface area (Å²) < 4.78 is 6.80. The van der Waals surface area contributed by atoms with Crippen LogP contribution in [0, 0.1) is 0 Å². The maximum Gasteiger partial charge on any atom is 0.325 e. The second kappa shape index (κ2) is 3.84. The lowest BCUT2D eigenvalue weighted by Gasteiger charge is -1.90. The topological polar surface area (TPSA) is 115 Å². The molecule has 0 radical (unpaired) electrons. The summed E-state index contributed by atoms with van der Waals surface area (Å²) in [4.78, 5) is 8.10. The van der Waals surface area contributed by atoms with Crippen molar-refractivity contribution in [2.75, 3.05) is 0 Å². The van der Waals surface area contributed by atoms with E-state index in [9.17, 15) is 0 Å². The van der Waals surface area contributed by atoms with Gasteiger partial charge in [0.15, 0.2) is 5.58 Å². The minimum Gasteiger partial charge on any atom is -0.422 e. The van der Waals surface area contributed by atoms with Crippen molar-refractivity contribution in [3.63, 3.8) is 0 Å². The Morgan fingerprint density at radius 1 is 1.39 bits per heavy atom. The van der Waals surface area contributed by atoms with Gasteiger partial charge in [0.2, 0.25) is 11.7 Å². The van der Waals surface area contributed by atoms with Crippen LogP contribution in [0.1, 0.15) is 5.82 Å². The van der Waals surface area contributed by atoms with Gasteiger partial charge in [0, 0.05) is 0 Å². The Kier molecular flexibility index (Phi) is 2.19. The lowest BCUT2D eigenvalue weighted by atomic mass is 10.3. The van der Waals surface area contributed by atoms with Crippen LogP contribution >= 0.6 is 0 Å². The first kappa shape index (κ1) is 10.3. The van der Waals surface area contributed by atoms with Gasteiger partial charge in [0.1, 0.15) is 11.8 Å². The molecule has 3 aromatic rings. The molecule has 0 saturated carbocycles. The highest BCUT2D eigenvalue weighted by molar-refractivity contribution is 5.93. The maximum atomic E-state index is 8.52. The molecule has 0 spiro atoms. The number of nitrogens with zero attached hydrogens (tertiary/aromatic N) is 5. The number of benzene rings is 1. The average Bonchev–Trinajstić information content (AvgIpc) is 3.03. The largest absolute Gasteiger partial charge is 0.422 e. The predicted molar refractivity (Wildman–Crippen MR) is 61.4 cm³/mol. The summed E-state index contributed by atoms with van der Waals surface area (Å²) in [6.07, 6.45) is 1.37. The van der Waals surface area contributed by atoms with E-state index in [0.29, 0.717) is 11.1 Å². The lowest BCUT2D eigenvalue weighted by Crippen LogP contribution is -2.15. The second-order valence-electron chi connectivity index (χ2n) is 3.46. The van der Waals surface area contributed by atoms with E-state index in [-0.39, 0.29) is 17.7 Å². The zero-order valence-electron chi connectivity index (χ0n) is 9.06. The maximum absolute atomic E-state index is 8.52. The standard InChI is InChI=1S/C10H8N6O2/c11-8(15-17)9-12-5-16(14-9)10-13-6-3-1-2-4-7(6)18-10/h1-5,17H,(H2,11,15). The smallest absolute Gasteiger partial charge is 0.325 e. The summed E-state index contributed by atoms with van der Waals surface area (Å²) in [5.41, 5.74) is 6.73. The van der Waals surface area contributed by atoms with Crippen LogP contribution in [0.2, 0.25) is 0 Å². The van der Waals surface area contributed by atoms with Gasteiger partial charge >= 0.3 is 6.01 Å². The van der Waals surface area contributed by atoms with E-state index in [0.717, 1.165) is 0 Å². The van der Waals surface area contributed by atoms with Crippen LogP contribution < -0.4 is 5.73 Å². The third-order valence-corrected chi connectivity index (χ3v) is 2.31. The van der Waals surface area contributed by atoms with E-state index in [1.54, 1.807) is 6.07 Å². The minimum atomic E-state index is -0.176. The van der Waals surface area contributed by atoms with E-state index in [1.807, 2.05) is 18.2 Å². The highest BCUT2D eigenvalue weighted by Crippen LogP contribution is 2.16. The number of fused-ring (bicyclic) bond motifs is 1. The molecule has 0 unspecified atom stereocenters. The third-order valence-electron chi connectivity index (χ3n) is 2.31. The molecule has 0 fully saturated rings. The SMILES string of the molecule is NC(=NO)c1ncn(-c2nc3ccccc3o2)n1. The summed E-state index contributed by atoms with van der Waals surface area (Å²) in [7, 11) is 0. The molecular formula is C10H8N6O2. The van der Waals surface area contributed by atoms with Crippen molar-refractivity contribution in [2.45, 2.75) is 0 Å². The van der Waals surface area contributed by atoms with Crippen molar-refractivity contribution in [3.05, 3.63) is 36.4 Å². The van der Waals surface area contributed by atoms with E-state index < -0.39 is 0 Å². The van der Waals surface area contributed by atoms with Gasteiger partial charge in [0.25, 0.3) is 0 Å². The van der Waals surface area contributed by atoms with Crippen molar-refractivity contribution in [3.8, 4) is 6.01 Å². The molecule has 90 valence electrons. The minimum absolute atomic E-state index is 0.0970. The number of amidine groups is 1. The van der Waals surface area contributed by atoms with Crippen molar-refractivity contribution < 1.29 is 9.62 Å². The van der Waals surface area contributed by atoms with Crippen LogP contribution in [0.15, 0.2) is 40.2 Å². The molecule has 8 nitrogen and oxygen atoms in total. The second-order valence-corrected chi connectivity index (χ2v) is 3.46. The average molecular weight is 244 g/mol. The number of para-hydroxylation sites is 2. The van der Waals surface area contributed by atoms with E-state index in [2.05, 4.69) is 20.2 Å². The fourth-order valence-electron chi connectivity index (χ4n) is 1.48. The quantitative estimate of drug-likeness (QED) is 0.293. The predicted octanol–water partition coefficient (Wildman–Crippen LogP) is 0.503.